The Kier molecular flexibility index (Phi) is 46.3. The molecular formula is C33H72N4O40P9-9. The molecule has 86 heavy (non-hydrogen) atoms. The molecule has 0 amide bonds. The summed E-state index contributed by atoms with van der Waals surface area (Å²) in [4.78, 5) is 110. The second-order valence-corrected chi connectivity index (χ2v) is 28.7. The van der Waals surface area contributed by atoms with E-state index in [1.54, 1.807) is 7.05 Å². The molecule has 0 aliphatic heterocycles. The van der Waals surface area contributed by atoms with Crippen LogP contribution in [0.2, 0.25) is 0 Å². The average molecular weight is 1440 g/mol. The molecule has 0 spiro atoms. The van der Waals surface area contributed by atoms with Crippen LogP contribution in [0.1, 0.15) is 12.8 Å². The lowest BCUT2D eigenvalue weighted by Gasteiger charge is -2.31. The van der Waals surface area contributed by atoms with Gasteiger partial charge < -0.3 is 150 Å². The first-order valence-corrected chi connectivity index (χ1v) is 38.0. The Labute approximate surface area is 494 Å². The fraction of sp³-hybridized carbons (Fsp3) is 1.00. The van der Waals surface area contributed by atoms with E-state index in [2.05, 4.69) is 84.6 Å². The average Bonchev–Trinajstić information content (AvgIpc) is 3.53. The molecule has 0 saturated carbocycles. The van der Waals surface area contributed by atoms with Gasteiger partial charge in [-0.2, -0.15) is 0 Å². The number of hydrogen-bond donors (Lipinski definition) is 5. The van der Waals surface area contributed by atoms with Crippen LogP contribution in [-0.2, 0) is 137 Å². The summed E-state index contributed by atoms with van der Waals surface area (Å²) in [5.74, 6) is 0. The fourth-order valence-electron chi connectivity index (χ4n) is 4.99. The summed E-state index contributed by atoms with van der Waals surface area (Å²) < 4.78 is 208. The zero-order valence-electron chi connectivity index (χ0n) is 46.7. The maximum absolute atomic E-state index is 12.7. The van der Waals surface area contributed by atoms with Gasteiger partial charge in [-0.05, 0) is 41.0 Å². The van der Waals surface area contributed by atoms with Crippen molar-refractivity contribution in [3.8, 4) is 0 Å². The molecule has 0 aromatic carbocycles. The molecule has 0 saturated heterocycles. The number of phosphoric acid groups is 8. The van der Waals surface area contributed by atoms with Crippen LogP contribution >= 0.6 is 70.2 Å². The SMILES string of the molecule is CNCOCCC(CO)OP(=O)([O-])OCCOP(=O)([O-])OCCOP(=O)([O-])OCC(CCOCNC)OP(=O)([O-])OCCOP(=O)([O-])OCC(COCNC)OP(=O)([O-])OCCOP(=O)([O-])OCC(COCNC)OP(=O)([O-])OCCOP(C)(=O)[O-]. The van der Waals surface area contributed by atoms with Gasteiger partial charge in [0.2, 0.25) is 0 Å². The van der Waals surface area contributed by atoms with E-state index in [-0.39, 0.29) is 46.6 Å². The van der Waals surface area contributed by atoms with E-state index in [1.165, 1.54) is 21.1 Å². The van der Waals surface area contributed by atoms with E-state index < -0.39 is 207 Å². The van der Waals surface area contributed by atoms with Gasteiger partial charge in [-0.25, -0.2) is 0 Å². The highest BCUT2D eigenvalue weighted by Gasteiger charge is 2.27. The summed E-state index contributed by atoms with van der Waals surface area (Å²) >= 11 is 0. The molecule has 0 heterocycles. The maximum Gasteiger partial charge on any atom is 0.268 e. The second kappa shape index (κ2) is 45.9. The molecule has 0 aliphatic carbocycles. The van der Waals surface area contributed by atoms with Crippen molar-refractivity contribution in [2.75, 3.05) is 181 Å². The van der Waals surface area contributed by atoms with Crippen molar-refractivity contribution in [1.82, 2.24) is 21.3 Å². The van der Waals surface area contributed by atoms with Crippen LogP contribution in [-0.4, -0.2) is 210 Å². The topological polar surface area (TPSA) is 623 Å². The lowest BCUT2D eigenvalue weighted by atomic mass is 10.3. The van der Waals surface area contributed by atoms with Crippen LogP contribution < -0.4 is 65.3 Å². The summed E-state index contributed by atoms with van der Waals surface area (Å²) in [6.07, 6.45) is -6.96. The summed E-state index contributed by atoms with van der Waals surface area (Å²) in [6.45, 7) is -15.2. The smallest absolute Gasteiger partial charge is 0.268 e. The predicted molar refractivity (Wildman–Crippen MR) is 267 cm³/mol. The number of phosphoric ester groups is 8. The molecule has 518 valence electrons. The Morgan fingerprint density at radius 3 is 0.826 bits per heavy atom. The predicted octanol–water partition coefficient (Wildman–Crippen LogP) is -5.78. The van der Waals surface area contributed by atoms with E-state index in [1.807, 2.05) is 0 Å². The Hall–Kier alpha value is 0.670. The minimum atomic E-state index is -5.52. The minimum Gasteiger partial charge on any atom is -0.779 e. The van der Waals surface area contributed by atoms with Gasteiger partial charge in [-0.15, -0.1) is 0 Å². The standard InChI is InChI=1S/C33H81N4O40P9/c1-34-26-57-8-6-30(20-38)74-83(49,50)68-17-14-63-79(41,42)62-12-13-64-80(43,44)71-23-31(7-9-58-27-35-2)75-84(51,52)69-18-15-65-81(45,46)73-25-33(22-60-29-37-4)77-86(55,56)70-19-16-66-82(47,48)72-24-32(21-59-28-36-3)76-85(53,54)67-11-10-61-78(5,39)40/h30-38H,6-29H2,1-5H3,(H,39,40)(H,41,42)(H,43,44)(H,45,46)(H,47,48)(H,49,50)(H,51,52)(H,53,54)(H,55,56)/p-9. The van der Waals surface area contributed by atoms with Crippen molar-refractivity contribution in [3.05, 3.63) is 0 Å². The Morgan fingerprint density at radius 1 is 0.302 bits per heavy atom. The van der Waals surface area contributed by atoms with E-state index in [0.717, 1.165) is 0 Å². The quantitative estimate of drug-likeness (QED) is 0.0215. The molecule has 44 nitrogen and oxygen atoms in total. The summed E-state index contributed by atoms with van der Waals surface area (Å²) in [7, 11) is -41.2. The van der Waals surface area contributed by atoms with Gasteiger partial charge in [0.1, 0.15) is 19.8 Å². The van der Waals surface area contributed by atoms with Crippen LogP contribution in [0, 0.1) is 0 Å². The third-order valence-corrected chi connectivity index (χ3v) is 17.1. The molecule has 0 rings (SSSR count). The molecule has 53 heteroatoms. The Bertz CT molecular complexity index is 2260. The first-order valence-electron chi connectivity index (χ1n) is 24.3. The van der Waals surface area contributed by atoms with E-state index in [9.17, 15) is 90.2 Å². The fourth-order valence-corrected chi connectivity index (χ4v) is 11.7. The minimum absolute atomic E-state index is 0.00646. The van der Waals surface area contributed by atoms with Gasteiger partial charge in [0.05, 0.1) is 158 Å². The second-order valence-electron chi connectivity index (χ2n) is 15.8. The molecule has 13 atom stereocenters. The number of hydrogen-bond acceptors (Lipinski definition) is 44. The summed E-state index contributed by atoms with van der Waals surface area (Å²) in [5, 5.41) is 19.7. The molecule has 0 aromatic heterocycles. The van der Waals surface area contributed by atoms with Crippen molar-refractivity contribution in [2.24, 2.45) is 0 Å². The third kappa shape index (κ3) is 51.1. The monoisotopic (exact) mass is 1440 g/mol. The van der Waals surface area contributed by atoms with Crippen molar-refractivity contribution in [2.45, 2.75) is 37.3 Å². The molecule has 0 aromatic rings. The third-order valence-electron chi connectivity index (χ3n) is 8.32. The first kappa shape index (κ1) is 86.7. The number of nitrogens with one attached hydrogen (secondary N) is 4. The van der Waals surface area contributed by atoms with Crippen LogP contribution in [0.4, 0.5) is 0 Å². The maximum atomic E-state index is 12.7. The van der Waals surface area contributed by atoms with Gasteiger partial charge in [0, 0.05) is 6.66 Å². The molecule has 0 radical (unpaired) electrons. The summed E-state index contributed by atoms with van der Waals surface area (Å²) in [5.41, 5.74) is 0. The lowest BCUT2D eigenvalue weighted by Crippen LogP contribution is -2.30. The van der Waals surface area contributed by atoms with E-state index in [4.69, 9.17) is 32.5 Å². The van der Waals surface area contributed by atoms with Gasteiger partial charge in [0.15, 0.2) is 0 Å². The van der Waals surface area contributed by atoms with E-state index in [0.29, 0.717) is 6.66 Å². The molecule has 5 N–H and O–H groups in total. The van der Waals surface area contributed by atoms with Crippen LogP contribution in [0.3, 0.4) is 0 Å². The Morgan fingerprint density at radius 2 is 0.535 bits per heavy atom. The highest BCUT2D eigenvalue weighted by atomic mass is 31.2. The van der Waals surface area contributed by atoms with E-state index >= 15 is 0 Å². The molecule has 0 fully saturated rings. The van der Waals surface area contributed by atoms with Gasteiger partial charge in [-0.1, -0.05) is 0 Å². The zero-order valence-corrected chi connectivity index (χ0v) is 54.7. The van der Waals surface area contributed by atoms with Crippen molar-refractivity contribution < 1.29 is 186 Å². The lowest BCUT2D eigenvalue weighted by molar-refractivity contribution is -0.244. The van der Waals surface area contributed by atoms with Gasteiger partial charge >= 0.3 is 0 Å². The van der Waals surface area contributed by atoms with Gasteiger partial charge in [-0.3, -0.25) is 57.8 Å². The summed E-state index contributed by atoms with van der Waals surface area (Å²) in [6, 6.07) is 0. The van der Waals surface area contributed by atoms with Crippen molar-refractivity contribution in [3.63, 3.8) is 0 Å². The molecule has 13 unspecified atom stereocenters. The Balaban J connectivity index is 5.21. The van der Waals surface area contributed by atoms with Gasteiger partial charge in [0.25, 0.3) is 62.6 Å². The van der Waals surface area contributed by atoms with Crippen LogP contribution in [0.5, 0.6) is 0 Å². The van der Waals surface area contributed by atoms with Crippen molar-refractivity contribution in [1.29, 1.82) is 0 Å². The largest absolute Gasteiger partial charge is 0.779 e. The first-order chi connectivity index (χ1) is 39.9. The normalized spacial score (nSPS) is 20.1. The highest BCUT2D eigenvalue weighted by Crippen LogP contribution is 2.48. The molecular weight excluding hydrogens is 1370 g/mol. The number of aliphatic hydroxyl groups excluding tert-OH is 1. The number of rotatable bonds is 61. The zero-order chi connectivity index (χ0) is 65.5. The van der Waals surface area contributed by atoms with Crippen molar-refractivity contribution >= 4 is 70.2 Å². The number of ether oxygens (including phenoxy) is 4. The number of aliphatic hydroxyl groups is 1. The van der Waals surface area contributed by atoms with Crippen LogP contribution in [0.25, 0.3) is 0 Å². The highest BCUT2D eigenvalue weighted by molar-refractivity contribution is 7.50. The van der Waals surface area contributed by atoms with Crippen LogP contribution in [0.15, 0.2) is 0 Å². The molecule has 0 bridgehead atoms. The molecule has 0 aliphatic rings.